The Kier molecular flexibility index (Phi) is 6.56. The normalized spacial score (nSPS) is 14.7. The fraction of sp³-hybridized carbons (Fsp3) is 0.429. The van der Waals surface area contributed by atoms with Crippen molar-refractivity contribution >= 4 is 23.5 Å². The number of amides is 1. The lowest BCUT2D eigenvalue weighted by Crippen LogP contribution is -2.49. The molecule has 0 unspecified atom stereocenters. The molecule has 1 aromatic carbocycles. The van der Waals surface area contributed by atoms with Crippen molar-refractivity contribution in [1.29, 1.82) is 0 Å². The Bertz CT molecular complexity index is 695. The summed E-state index contributed by atoms with van der Waals surface area (Å²) in [5.41, 5.74) is 1.36. The number of carbonyl (C=O) groups is 1. The number of hydrogen-bond acceptors (Lipinski definition) is 4. The van der Waals surface area contributed by atoms with Gasteiger partial charge in [-0.05, 0) is 35.7 Å². The van der Waals surface area contributed by atoms with Crippen molar-refractivity contribution in [3.05, 3.63) is 54.2 Å². The van der Waals surface area contributed by atoms with Crippen LogP contribution in [0.2, 0.25) is 0 Å². The number of rotatable bonds is 6. The average Bonchev–Trinajstić information content (AvgIpc) is 2.69. The van der Waals surface area contributed by atoms with E-state index in [1.807, 2.05) is 29.3 Å². The fourth-order valence-electron chi connectivity index (χ4n) is 3.09. The van der Waals surface area contributed by atoms with Crippen LogP contribution in [0.4, 0.5) is 5.82 Å². The minimum absolute atomic E-state index is 0.261. The van der Waals surface area contributed by atoms with Gasteiger partial charge in [0.25, 0.3) is 0 Å². The van der Waals surface area contributed by atoms with Gasteiger partial charge in [0, 0.05) is 49.4 Å². The zero-order chi connectivity index (χ0) is 18.4. The van der Waals surface area contributed by atoms with E-state index in [2.05, 4.69) is 48.0 Å². The predicted molar refractivity (Wildman–Crippen MR) is 109 cm³/mol. The molecule has 4 nitrogen and oxygen atoms in total. The lowest BCUT2D eigenvalue weighted by molar-refractivity contribution is -0.131. The minimum atomic E-state index is 0.261. The highest BCUT2D eigenvalue weighted by molar-refractivity contribution is 7.99. The van der Waals surface area contributed by atoms with E-state index in [1.165, 1.54) is 10.5 Å². The molecule has 1 amide bonds. The van der Waals surface area contributed by atoms with Crippen LogP contribution in [0.5, 0.6) is 0 Å². The van der Waals surface area contributed by atoms with Crippen LogP contribution in [-0.2, 0) is 4.79 Å². The monoisotopic (exact) mass is 369 g/mol. The van der Waals surface area contributed by atoms with E-state index in [9.17, 15) is 4.79 Å². The maximum absolute atomic E-state index is 12.5. The molecule has 2 heterocycles. The Labute approximate surface area is 160 Å². The molecule has 138 valence electrons. The second-order valence-electron chi connectivity index (χ2n) is 6.88. The standard InChI is InChI=1S/C21H27N3OS/c1-17(2)18-6-8-19(9-7-18)26-16-10-21(25)24-14-12-23(13-15-24)20-5-3-4-11-22-20/h3-9,11,17H,10,12-16H2,1-2H3. The molecule has 0 bridgehead atoms. The van der Waals surface area contributed by atoms with E-state index in [-0.39, 0.29) is 5.91 Å². The molecule has 5 heteroatoms. The van der Waals surface area contributed by atoms with E-state index >= 15 is 0 Å². The van der Waals surface area contributed by atoms with Crippen molar-refractivity contribution in [3.63, 3.8) is 0 Å². The van der Waals surface area contributed by atoms with Crippen molar-refractivity contribution in [2.75, 3.05) is 36.8 Å². The van der Waals surface area contributed by atoms with Gasteiger partial charge in [-0.2, -0.15) is 0 Å². The molecule has 0 saturated carbocycles. The average molecular weight is 370 g/mol. The molecule has 1 fully saturated rings. The van der Waals surface area contributed by atoms with Crippen molar-refractivity contribution in [2.24, 2.45) is 0 Å². The maximum Gasteiger partial charge on any atom is 0.223 e. The first-order valence-corrected chi connectivity index (χ1v) is 10.3. The summed E-state index contributed by atoms with van der Waals surface area (Å²) < 4.78 is 0. The summed E-state index contributed by atoms with van der Waals surface area (Å²) in [4.78, 5) is 22.3. The predicted octanol–water partition coefficient (Wildman–Crippen LogP) is 4.04. The quantitative estimate of drug-likeness (QED) is 0.720. The highest BCUT2D eigenvalue weighted by Crippen LogP contribution is 2.22. The number of pyridine rings is 1. The summed E-state index contributed by atoms with van der Waals surface area (Å²) in [6.07, 6.45) is 2.41. The minimum Gasteiger partial charge on any atom is -0.353 e. The number of benzene rings is 1. The Morgan fingerprint density at radius 3 is 2.42 bits per heavy atom. The molecule has 0 aliphatic carbocycles. The highest BCUT2D eigenvalue weighted by atomic mass is 32.2. The van der Waals surface area contributed by atoms with Crippen LogP contribution in [-0.4, -0.2) is 47.7 Å². The van der Waals surface area contributed by atoms with Crippen LogP contribution in [0.1, 0.15) is 31.7 Å². The van der Waals surface area contributed by atoms with Gasteiger partial charge in [0.2, 0.25) is 5.91 Å². The number of anilines is 1. The van der Waals surface area contributed by atoms with Gasteiger partial charge >= 0.3 is 0 Å². The molecule has 1 aromatic heterocycles. The lowest BCUT2D eigenvalue weighted by atomic mass is 10.0. The Morgan fingerprint density at radius 2 is 1.81 bits per heavy atom. The number of hydrogen-bond donors (Lipinski definition) is 0. The molecule has 26 heavy (non-hydrogen) atoms. The second kappa shape index (κ2) is 9.08. The van der Waals surface area contributed by atoms with Gasteiger partial charge in [-0.15, -0.1) is 11.8 Å². The summed E-state index contributed by atoms with van der Waals surface area (Å²) in [5.74, 6) is 2.65. The summed E-state index contributed by atoms with van der Waals surface area (Å²) in [6.45, 7) is 7.67. The van der Waals surface area contributed by atoms with Crippen molar-refractivity contribution < 1.29 is 4.79 Å². The summed E-state index contributed by atoms with van der Waals surface area (Å²) in [6, 6.07) is 14.7. The zero-order valence-electron chi connectivity index (χ0n) is 15.6. The van der Waals surface area contributed by atoms with E-state index in [1.54, 1.807) is 11.8 Å². The van der Waals surface area contributed by atoms with E-state index in [0.29, 0.717) is 12.3 Å². The first kappa shape index (κ1) is 18.8. The van der Waals surface area contributed by atoms with Crippen molar-refractivity contribution in [3.8, 4) is 0 Å². The van der Waals surface area contributed by atoms with E-state index in [4.69, 9.17) is 0 Å². The van der Waals surface area contributed by atoms with Gasteiger partial charge in [0.1, 0.15) is 5.82 Å². The van der Waals surface area contributed by atoms with Crippen LogP contribution in [0.25, 0.3) is 0 Å². The molecule has 1 aliphatic heterocycles. The van der Waals surface area contributed by atoms with E-state index in [0.717, 1.165) is 37.7 Å². The second-order valence-corrected chi connectivity index (χ2v) is 8.05. The smallest absolute Gasteiger partial charge is 0.223 e. The lowest BCUT2D eigenvalue weighted by Gasteiger charge is -2.35. The molecule has 0 radical (unpaired) electrons. The number of thioether (sulfide) groups is 1. The molecular weight excluding hydrogens is 342 g/mol. The fourth-order valence-corrected chi connectivity index (χ4v) is 3.93. The third kappa shape index (κ3) is 5.01. The Morgan fingerprint density at radius 1 is 1.08 bits per heavy atom. The molecule has 1 aliphatic rings. The molecule has 0 atom stereocenters. The zero-order valence-corrected chi connectivity index (χ0v) is 16.4. The van der Waals surface area contributed by atoms with Crippen LogP contribution in [0, 0.1) is 0 Å². The molecular formula is C21H27N3OS. The van der Waals surface area contributed by atoms with Crippen LogP contribution >= 0.6 is 11.8 Å². The summed E-state index contributed by atoms with van der Waals surface area (Å²) in [5, 5.41) is 0. The molecule has 2 aromatic rings. The topological polar surface area (TPSA) is 36.4 Å². The van der Waals surface area contributed by atoms with Crippen LogP contribution < -0.4 is 4.90 Å². The third-order valence-corrected chi connectivity index (χ3v) is 5.75. The van der Waals surface area contributed by atoms with Gasteiger partial charge in [0.05, 0.1) is 0 Å². The Balaban J connectivity index is 1.40. The van der Waals surface area contributed by atoms with Crippen LogP contribution in [0.15, 0.2) is 53.6 Å². The summed E-state index contributed by atoms with van der Waals surface area (Å²) in [7, 11) is 0. The van der Waals surface area contributed by atoms with Gasteiger partial charge in [-0.3, -0.25) is 4.79 Å². The Hall–Kier alpha value is -2.01. The molecule has 3 rings (SSSR count). The van der Waals surface area contributed by atoms with Crippen molar-refractivity contribution in [2.45, 2.75) is 31.1 Å². The van der Waals surface area contributed by atoms with Gasteiger partial charge in [-0.25, -0.2) is 4.98 Å². The van der Waals surface area contributed by atoms with Gasteiger partial charge in [0.15, 0.2) is 0 Å². The number of nitrogens with zero attached hydrogens (tertiary/aromatic N) is 3. The SMILES string of the molecule is CC(C)c1ccc(SCCC(=O)N2CCN(c3ccccn3)CC2)cc1. The summed E-state index contributed by atoms with van der Waals surface area (Å²) >= 11 is 1.76. The van der Waals surface area contributed by atoms with E-state index < -0.39 is 0 Å². The van der Waals surface area contributed by atoms with Crippen molar-refractivity contribution in [1.82, 2.24) is 9.88 Å². The van der Waals surface area contributed by atoms with Gasteiger partial charge in [-0.1, -0.05) is 32.0 Å². The first-order chi connectivity index (χ1) is 12.6. The number of piperazine rings is 1. The third-order valence-electron chi connectivity index (χ3n) is 4.74. The first-order valence-electron chi connectivity index (χ1n) is 9.30. The molecule has 0 spiro atoms. The number of aromatic nitrogens is 1. The highest BCUT2D eigenvalue weighted by Gasteiger charge is 2.21. The van der Waals surface area contributed by atoms with Gasteiger partial charge < -0.3 is 9.80 Å². The molecule has 1 saturated heterocycles. The van der Waals surface area contributed by atoms with Crippen LogP contribution in [0.3, 0.4) is 0 Å². The largest absolute Gasteiger partial charge is 0.353 e. The maximum atomic E-state index is 12.5. The number of carbonyl (C=O) groups excluding carboxylic acids is 1. The molecule has 0 N–H and O–H groups in total.